The molecule has 0 unspecified atom stereocenters. The van der Waals surface area contributed by atoms with Crippen LogP contribution < -0.4 is 10.9 Å². The summed E-state index contributed by atoms with van der Waals surface area (Å²) in [5, 5.41) is 8.59. The van der Waals surface area contributed by atoms with E-state index < -0.39 is 0 Å². The second-order valence-corrected chi connectivity index (χ2v) is 8.34. The average molecular weight is 430 g/mol. The number of aromatic nitrogens is 5. The maximum Gasteiger partial charge on any atom is 0.262 e. The van der Waals surface area contributed by atoms with Gasteiger partial charge < -0.3 is 10.3 Å². The van der Waals surface area contributed by atoms with E-state index in [1.165, 1.54) is 6.20 Å². The fraction of sp³-hybridized carbons (Fsp3) is 0.136. The molecule has 0 saturated carbocycles. The molecule has 0 aliphatic rings. The van der Waals surface area contributed by atoms with Gasteiger partial charge in [0, 0.05) is 18.5 Å². The van der Waals surface area contributed by atoms with Crippen LogP contribution in [0.5, 0.6) is 0 Å². The third-order valence-corrected chi connectivity index (χ3v) is 5.79. The number of aromatic amines is 1. The summed E-state index contributed by atoms with van der Waals surface area (Å²) in [7, 11) is 0. The molecule has 0 fully saturated rings. The number of hydrogen-bond acceptors (Lipinski definition) is 6. The number of carbonyl (C=O) groups is 1. The quantitative estimate of drug-likeness (QED) is 0.443. The molecule has 0 aliphatic carbocycles. The number of nitrogens with one attached hydrogen (secondary N) is 2. The maximum absolute atomic E-state index is 12.5. The molecule has 31 heavy (non-hydrogen) atoms. The Bertz CT molecular complexity index is 1470. The largest absolute Gasteiger partial charge is 0.326 e. The van der Waals surface area contributed by atoms with Gasteiger partial charge in [-0.15, -0.1) is 11.3 Å². The first-order chi connectivity index (χ1) is 15.1. The lowest BCUT2D eigenvalue weighted by atomic mass is 10.2. The number of hydrogen-bond donors (Lipinski definition) is 2. The van der Waals surface area contributed by atoms with Gasteiger partial charge in [-0.25, -0.2) is 14.6 Å². The average Bonchev–Trinajstić information content (AvgIpc) is 3.35. The minimum Gasteiger partial charge on any atom is -0.326 e. The van der Waals surface area contributed by atoms with E-state index in [4.69, 9.17) is 0 Å². The van der Waals surface area contributed by atoms with Crippen molar-refractivity contribution >= 4 is 44.2 Å². The molecule has 5 aromatic rings. The highest BCUT2D eigenvalue weighted by atomic mass is 32.1. The van der Waals surface area contributed by atoms with Crippen molar-refractivity contribution in [1.82, 2.24) is 24.7 Å². The third-order valence-electron chi connectivity index (χ3n) is 4.86. The molecule has 154 valence electrons. The van der Waals surface area contributed by atoms with Crippen LogP contribution in [0, 0.1) is 6.92 Å². The monoisotopic (exact) mass is 430 g/mol. The summed E-state index contributed by atoms with van der Waals surface area (Å²) in [6, 6.07) is 15.1. The van der Waals surface area contributed by atoms with Gasteiger partial charge in [0.05, 0.1) is 27.1 Å². The summed E-state index contributed by atoms with van der Waals surface area (Å²) in [5.41, 5.74) is 2.66. The van der Waals surface area contributed by atoms with E-state index in [1.807, 2.05) is 55.5 Å². The van der Waals surface area contributed by atoms with Crippen molar-refractivity contribution in [2.45, 2.75) is 19.8 Å². The normalized spacial score (nSPS) is 11.3. The molecule has 0 spiro atoms. The predicted octanol–water partition coefficient (Wildman–Crippen LogP) is 3.60. The van der Waals surface area contributed by atoms with Gasteiger partial charge in [-0.2, -0.15) is 5.10 Å². The van der Waals surface area contributed by atoms with Crippen LogP contribution in [0.15, 0.2) is 59.5 Å². The van der Waals surface area contributed by atoms with Crippen LogP contribution in [0.4, 0.5) is 5.69 Å². The van der Waals surface area contributed by atoms with Crippen LogP contribution in [0.25, 0.3) is 26.9 Å². The molecule has 0 saturated heterocycles. The van der Waals surface area contributed by atoms with E-state index in [2.05, 4.69) is 25.4 Å². The fourth-order valence-electron chi connectivity index (χ4n) is 3.41. The van der Waals surface area contributed by atoms with Crippen LogP contribution in [0.2, 0.25) is 0 Å². The Morgan fingerprint density at radius 1 is 1.16 bits per heavy atom. The Hall–Kier alpha value is -3.85. The van der Waals surface area contributed by atoms with E-state index in [1.54, 1.807) is 16.0 Å². The summed E-state index contributed by atoms with van der Waals surface area (Å²) in [6.07, 6.45) is 1.99. The van der Waals surface area contributed by atoms with Crippen molar-refractivity contribution in [3.8, 4) is 5.69 Å². The van der Waals surface area contributed by atoms with Crippen molar-refractivity contribution in [3.63, 3.8) is 0 Å². The molecular formula is C22H18N6O2S. The topological polar surface area (TPSA) is 106 Å². The predicted molar refractivity (Wildman–Crippen MR) is 121 cm³/mol. The van der Waals surface area contributed by atoms with Gasteiger partial charge in [0.1, 0.15) is 11.2 Å². The molecule has 8 nitrogen and oxygen atoms in total. The number of H-pyrrole nitrogens is 1. The van der Waals surface area contributed by atoms with Crippen LogP contribution >= 0.6 is 11.3 Å². The Morgan fingerprint density at radius 3 is 2.84 bits per heavy atom. The highest BCUT2D eigenvalue weighted by Crippen LogP contribution is 2.24. The number of aryl methyl sites for hydroxylation is 2. The fourth-order valence-corrected chi connectivity index (χ4v) is 4.28. The zero-order chi connectivity index (χ0) is 21.4. The summed E-state index contributed by atoms with van der Waals surface area (Å²) >= 11 is 1.59. The first-order valence-electron chi connectivity index (χ1n) is 9.76. The molecule has 3 heterocycles. The van der Waals surface area contributed by atoms with Gasteiger partial charge in [0.15, 0.2) is 5.65 Å². The van der Waals surface area contributed by atoms with Crippen LogP contribution in [0.1, 0.15) is 17.3 Å². The van der Waals surface area contributed by atoms with Crippen molar-refractivity contribution < 1.29 is 4.79 Å². The SMILES string of the molecule is Cc1nc2ccc(NC(=O)CCc3nc4c(cnn4-c4ccccc4)c(=O)[nH]3)cc2s1. The van der Waals surface area contributed by atoms with E-state index >= 15 is 0 Å². The summed E-state index contributed by atoms with van der Waals surface area (Å²) in [6.45, 7) is 1.96. The van der Waals surface area contributed by atoms with Crippen molar-refractivity contribution in [2.24, 2.45) is 0 Å². The molecule has 3 aromatic heterocycles. The first-order valence-corrected chi connectivity index (χ1v) is 10.6. The lowest BCUT2D eigenvalue weighted by Crippen LogP contribution is -2.16. The van der Waals surface area contributed by atoms with Crippen molar-refractivity contribution in [1.29, 1.82) is 0 Å². The number of nitrogens with zero attached hydrogens (tertiary/aromatic N) is 4. The molecular weight excluding hydrogens is 412 g/mol. The van der Waals surface area contributed by atoms with E-state index in [9.17, 15) is 9.59 Å². The highest BCUT2D eigenvalue weighted by molar-refractivity contribution is 7.18. The van der Waals surface area contributed by atoms with Crippen LogP contribution in [0.3, 0.4) is 0 Å². The number of para-hydroxylation sites is 1. The maximum atomic E-state index is 12.5. The number of fused-ring (bicyclic) bond motifs is 2. The van der Waals surface area contributed by atoms with E-state index in [0.29, 0.717) is 23.3 Å². The Labute approximate surface area is 180 Å². The second-order valence-electron chi connectivity index (χ2n) is 7.11. The summed E-state index contributed by atoms with van der Waals surface area (Å²) in [5.74, 6) is 0.291. The zero-order valence-corrected chi connectivity index (χ0v) is 17.4. The number of benzene rings is 2. The van der Waals surface area contributed by atoms with Gasteiger partial charge in [-0.05, 0) is 37.3 Å². The molecule has 2 N–H and O–H groups in total. The van der Waals surface area contributed by atoms with Crippen molar-refractivity contribution in [2.75, 3.05) is 5.32 Å². The molecule has 0 atom stereocenters. The smallest absolute Gasteiger partial charge is 0.262 e. The molecule has 5 rings (SSSR count). The number of anilines is 1. The minimum atomic E-state index is -0.270. The van der Waals surface area contributed by atoms with E-state index in [0.717, 1.165) is 26.6 Å². The minimum absolute atomic E-state index is 0.153. The molecule has 0 bridgehead atoms. The number of carbonyl (C=O) groups excluding carboxylic acids is 1. The van der Waals surface area contributed by atoms with Gasteiger partial charge in [0.25, 0.3) is 5.56 Å². The zero-order valence-electron chi connectivity index (χ0n) is 16.6. The summed E-state index contributed by atoms with van der Waals surface area (Å²) < 4.78 is 2.65. The van der Waals surface area contributed by atoms with E-state index in [-0.39, 0.29) is 17.9 Å². The Balaban J connectivity index is 1.34. The number of amides is 1. The van der Waals surface area contributed by atoms with Crippen LogP contribution in [-0.2, 0) is 11.2 Å². The van der Waals surface area contributed by atoms with Gasteiger partial charge >= 0.3 is 0 Å². The Kier molecular flexibility index (Phi) is 4.79. The molecule has 0 radical (unpaired) electrons. The molecule has 9 heteroatoms. The molecule has 2 aromatic carbocycles. The standard InChI is InChI=1S/C22H18N6O2S/c1-13-24-17-8-7-14(11-18(17)31-13)25-20(29)10-9-19-26-21-16(22(30)27-19)12-23-28(21)15-5-3-2-4-6-15/h2-8,11-12H,9-10H2,1H3,(H,25,29)(H,26,27,30). The second kappa shape index (κ2) is 7.77. The number of thiazole rings is 1. The van der Waals surface area contributed by atoms with Crippen LogP contribution in [-0.4, -0.2) is 30.6 Å². The van der Waals surface area contributed by atoms with Gasteiger partial charge in [-0.3, -0.25) is 9.59 Å². The Morgan fingerprint density at radius 2 is 2.00 bits per heavy atom. The third kappa shape index (κ3) is 3.82. The molecule has 0 aliphatic heterocycles. The molecule has 1 amide bonds. The number of rotatable bonds is 5. The first kappa shape index (κ1) is 19.1. The lowest BCUT2D eigenvalue weighted by molar-refractivity contribution is -0.116. The lowest BCUT2D eigenvalue weighted by Gasteiger charge is -2.06. The summed E-state index contributed by atoms with van der Waals surface area (Å²) in [4.78, 5) is 36.6. The van der Waals surface area contributed by atoms with Gasteiger partial charge in [-0.1, -0.05) is 18.2 Å². The van der Waals surface area contributed by atoms with Crippen molar-refractivity contribution in [3.05, 3.63) is 75.9 Å². The van der Waals surface area contributed by atoms with Gasteiger partial charge in [0.2, 0.25) is 5.91 Å². The highest BCUT2D eigenvalue weighted by Gasteiger charge is 2.13.